The SMILES string of the molecule is CC(C)C(C)NC(=O)c1c(F)ccc(S(=O)(=O)Cl)c1F. The minimum absolute atomic E-state index is 0.0463. The van der Waals surface area contributed by atoms with Gasteiger partial charge in [0.25, 0.3) is 15.0 Å². The van der Waals surface area contributed by atoms with Crippen molar-refractivity contribution in [3.05, 3.63) is 29.3 Å². The number of carbonyl (C=O) groups is 1. The maximum atomic E-state index is 14.0. The van der Waals surface area contributed by atoms with Crippen molar-refractivity contribution in [1.82, 2.24) is 5.32 Å². The van der Waals surface area contributed by atoms with Gasteiger partial charge in [-0.15, -0.1) is 0 Å². The Morgan fingerprint density at radius 3 is 2.25 bits per heavy atom. The highest BCUT2D eigenvalue weighted by Crippen LogP contribution is 2.24. The van der Waals surface area contributed by atoms with E-state index < -0.39 is 37.1 Å². The van der Waals surface area contributed by atoms with E-state index in [4.69, 9.17) is 10.7 Å². The van der Waals surface area contributed by atoms with Crippen LogP contribution in [-0.2, 0) is 9.05 Å². The number of hydrogen-bond donors (Lipinski definition) is 1. The minimum atomic E-state index is -4.40. The Bertz CT molecular complexity index is 632. The van der Waals surface area contributed by atoms with Gasteiger partial charge in [0, 0.05) is 16.7 Å². The Labute approximate surface area is 120 Å². The molecule has 1 aromatic carbocycles. The van der Waals surface area contributed by atoms with E-state index in [0.29, 0.717) is 12.1 Å². The molecule has 1 amide bonds. The van der Waals surface area contributed by atoms with E-state index in [1.807, 2.05) is 13.8 Å². The van der Waals surface area contributed by atoms with Gasteiger partial charge in [0.1, 0.15) is 16.3 Å². The molecule has 0 fully saturated rings. The molecule has 1 unspecified atom stereocenters. The van der Waals surface area contributed by atoms with Crippen LogP contribution >= 0.6 is 10.7 Å². The lowest BCUT2D eigenvalue weighted by atomic mass is 10.1. The van der Waals surface area contributed by atoms with E-state index in [-0.39, 0.29) is 12.0 Å². The summed E-state index contributed by atoms with van der Waals surface area (Å²) in [5.41, 5.74) is -0.959. The van der Waals surface area contributed by atoms with Gasteiger partial charge in [-0.1, -0.05) is 13.8 Å². The van der Waals surface area contributed by atoms with E-state index >= 15 is 0 Å². The van der Waals surface area contributed by atoms with Crippen LogP contribution in [0.25, 0.3) is 0 Å². The summed E-state index contributed by atoms with van der Waals surface area (Å²) in [7, 11) is 0.627. The highest BCUT2D eigenvalue weighted by atomic mass is 35.7. The minimum Gasteiger partial charge on any atom is -0.349 e. The molecule has 0 aliphatic heterocycles. The molecule has 1 rings (SSSR count). The van der Waals surface area contributed by atoms with E-state index in [2.05, 4.69) is 5.32 Å². The first-order valence-electron chi connectivity index (χ1n) is 5.79. The van der Waals surface area contributed by atoms with Crippen molar-refractivity contribution >= 4 is 25.6 Å². The summed E-state index contributed by atoms with van der Waals surface area (Å²) in [5.74, 6) is -3.62. The van der Waals surface area contributed by atoms with Gasteiger partial charge in [0.05, 0.1) is 0 Å². The number of carbonyl (C=O) groups excluding carboxylic acids is 1. The first-order chi connectivity index (χ1) is 9.05. The fraction of sp³-hybridized carbons (Fsp3) is 0.417. The van der Waals surface area contributed by atoms with Crippen molar-refractivity contribution in [2.75, 3.05) is 0 Å². The molecule has 0 saturated carbocycles. The molecular weight excluding hydrogens is 312 g/mol. The quantitative estimate of drug-likeness (QED) is 0.866. The second-order valence-corrected chi connectivity index (χ2v) is 7.21. The van der Waals surface area contributed by atoms with E-state index in [1.54, 1.807) is 6.92 Å². The second kappa shape index (κ2) is 6.05. The summed E-state index contributed by atoms with van der Waals surface area (Å²) in [6, 6.07) is 1.03. The Kier molecular flexibility index (Phi) is 5.10. The van der Waals surface area contributed by atoms with Gasteiger partial charge in [-0.25, -0.2) is 17.2 Å². The van der Waals surface area contributed by atoms with E-state index in [1.165, 1.54) is 0 Å². The molecule has 1 N–H and O–H groups in total. The van der Waals surface area contributed by atoms with Crippen LogP contribution in [0.5, 0.6) is 0 Å². The largest absolute Gasteiger partial charge is 0.349 e. The number of amides is 1. The molecular formula is C12H14ClF2NO3S. The molecule has 0 aromatic heterocycles. The normalized spacial score (nSPS) is 13.3. The standard InChI is InChI=1S/C12H14ClF2NO3S/c1-6(2)7(3)16-12(17)10-8(14)4-5-9(11(10)15)20(13,18)19/h4-7H,1-3H3,(H,16,17). The molecule has 8 heteroatoms. The van der Waals surface area contributed by atoms with Gasteiger partial charge in [-0.05, 0) is 25.0 Å². The van der Waals surface area contributed by atoms with E-state index in [0.717, 1.165) is 0 Å². The van der Waals surface area contributed by atoms with Crippen LogP contribution in [0.15, 0.2) is 17.0 Å². The van der Waals surface area contributed by atoms with Gasteiger partial charge in [0.15, 0.2) is 5.82 Å². The first-order valence-corrected chi connectivity index (χ1v) is 8.10. The van der Waals surface area contributed by atoms with Crippen LogP contribution in [0.3, 0.4) is 0 Å². The number of rotatable bonds is 4. The zero-order valence-corrected chi connectivity index (χ0v) is 12.6. The Morgan fingerprint density at radius 2 is 1.80 bits per heavy atom. The molecule has 0 aliphatic carbocycles. The summed E-state index contributed by atoms with van der Waals surface area (Å²) < 4.78 is 49.8. The molecule has 112 valence electrons. The van der Waals surface area contributed by atoms with Gasteiger partial charge in [-0.3, -0.25) is 4.79 Å². The molecule has 0 saturated heterocycles. The van der Waals surface area contributed by atoms with Crippen molar-refractivity contribution in [2.24, 2.45) is 5.92 Å². The van der Waals surface area contributed by atoms with Crippen LogP contribution in [0, 0.1) is 17.6 Å². The predicted molar refractivity (Wildman–Crippen MR) is 71.2 cm³/mol. The van der Waals surface area contributed by atoms with Crippen molar-refractivity contribution in [3.63, 3.8) is 0 Å². The zero-order chi connectivity index (χ0) is 15.7. The molecule has 0 aliphatic rings. The molecule has 4 nitrogen and oxygen atoms in total. The topological polar surface area (TPSA) is 63.2 Å². The number of benzene rings is 1. The maximum absolute atomic E-state index is 14.0. The van der Waals surface area contributed by atoms with Crippen LogP contribution in [0.2, 0.25) is 0 Å². The zero-order valence-electron chi connectivity index (χ0n) is 11.1. The Balaban J connectivity index is 3.28. The highest BCUT2D eigenvalue weighted by molar-refractivity contribution is 8.13. The third-order valence-electron chi connectivity index (χ3n) is 2.90. The average Bonchev–Trinajstić information content (AvgIpc) is 2.26. The monoisotopic (exact) mass is 325 g/mol. The number of halogens is 3. The van der Waals surface area contributed by atoms with Gasteiger partial charge in [0.2, 0.25) is 0 Å². The fourth-order valence-electron chi connectivity index (χ4n) is 1.38. The summed E-state index contributed by atoms with van der Waals surface area (Å²) in [6.45, 7) is 5.30. The summed E-state index contributed by atoms with van der Waals surface area (Å²) in [4.78, 5) is 10.9. The summed E-state index contributed by atoms with van der Waals surface area (Å²) in [6.07, 6.45) is 0. The summed E-state index contributed by atoms with van der Waals surface area (Å²) >= 11 is 0. The van der Waals surface area contributed by atoms with Crippen molar-refractivity contribution in [2.45, 2.75) is 31.7 Å². The van der Waals surface area contributed by atoms with Gasteiger partial charge >= 0.3 is 0 Å². The number of nitrogens with one attached hydrogen (secondary N) is 1. The lowest BCUT2D eigenvalue weighted by Gasteiger charge is -2.18. The van der Waals surface area contributed by atoms with Crippen LogP contribution in [-0.4, -0.2) is 20.4 Å². The van der Waals surface area contributed by atoms with Gasteiger partial charge in [-0.2, -0.15) is 0 Å². The molecule has 0 bridgehead atoms. The molecule has 0 spiro atoms. The number of hydrogen-bond acceptors (Lipinski definition) is 3. The van der Waals surface area contributed by atoms with E-state index in [9.17, 15) is 22.0 Å². The second-order valence-electron chi connectivity index (χ2n) is 4.68. The molecule has 0 radical (unpaired) electrons. The first kappa shape index (κ1) is 16.8. The van der Waals surface area contributed by atoms with Crippen molar-refractivity contribution < 1.29 is 22.0 Å². The Hall–Kier alpha value is -1.21. The van der Waals surface area contributed by atoms with Crippen LogP contribution < -0.4 is 5.32 Å². The fourth-order valence-corrected chi connectivity index (χ4v) is 2.28. The molecule has 1 atom stereocenters. The van der Waals surface area contributed by atoms with Crippen LogP contribution in [0.4, 0.5) is 8.78 Å². The van der Waals surface area contributed by atoms with Gasteiger partial charge < -0.3 is 5.32 Å². The average molecular weight is 326 g/mol. The smallest absolute Gasteiger partial charge is 0.264 e. The molecule has 1 aromatic rings. The molecule has 0 heterocycles. The lowest BCUT2D eigenvalue weighted by Crippen LogP contribution is -2.37. The lowest BCUT2D eigenvalue weighted by molar-refractivity contribution is 0.0921. The third-order valence-corrected chi connectivity index (χ3v) is 4.24. The maximum Gasteiger partial charge on any atom is 0.264 e. The third kappa shape index (κ3) is 3.67. The van der Waals surface area contributed by atoms with Crippen molar-refractivity contribution in [3.8, 4) is 0 Å². The van der Waals surface area contributed by atoms with Crippen molar-refractivity contribution in [1.29, 1.82) is 0 Å². The highest BCUT2D eigenvalue weighted by Gasteiger charge is 2.26. The predicted octanol–water partition coefficient (Wildman–Crippen LogP) is 2.67. The summed E-state index contributed by atoms with van der Waals surface area (Å²) in [5, 5.41) is 2.40. The molecule has 20 heavy (non-hydrogen) atoms. The Morgan fingerprint density at radius 1 is 1.25 bits per heavy atom. The van der Waals surface area contributed by atoms with Crippen LogP contribution in [0.1, 0.15) is 31.1 Å².